The van der Waals surface area contributed by atoms with Gasteiger partial charge in [0, 0.05) is 0 Å². The molecule has 3 heteroatoms. The third-order valence-electron chi connectivity index (χ3n) is 1.87. The number of hydrogen-bond acceptors (Lipinski definition) is 0. The van der Waals surface area contributed by atoms with Crippen molar-refractivity contribution in [3.8, 4) is 0 Å². The smallest absolute Gasteiger partial charge is 0.206 e. The van der Waals surface area contributed by atoms with Crippen molar-refractivity contribution < 1.29 is 8.78 Å². The van der Waals surface area contributed by atoms with Gasteiger partial charge in [-0.2, -0.15) is 0 Å². The summed E-state index contributed by atoms with van der Waals surface area (Å²) in [6.45, 7) is 4.11. The average Bonchev–Trinajstić information content (AvgIpc) is 2.04. The Morgan fingerprint density at radius 3 is 1.67 bits per heavy atom. The Hall–Kier alpha value is 0.290. The molecule has 0 aromatic rings. The summed E-state index contributed by atoms with van der Waals surface area (Å²) in [6, 6.07) is 0. The molecule has 0 spiro atoms. The molecule has 0 rings (SSSR count). The molecule has 0 heterocycles. The molecule has 74 valence electrons. The van der Waals surface area contributed by atoms with Crippen molar-refractivity contribution in [2.75, 3.05) is 12.3 Å². The van der Waals surface area contributed by atoms with Gasteiger partial charge in [0.15, 0.2) is 0 Å². The topological polar surface area (TPSA) is 0 Å². The van der Waals surface area contributed by atoms with E-state index in [2.05, 4.69) is 13.8 Å². The second-order valence-electron chi connectivity index (χ2n) is 3.02. The van der Waals surface area contributed by atoms with Crippen LogP contribution in [0.4, 0.5) is 8.78 Å². The SMILES string of the molecule is CCCCP(CCCC)C(F)F. The van der Waals surface area contributed by atoms with Gasteiger partial charge in [0.25, 0.3) is 6.17 Å². The zero-order valence-corrected chi connectivity index (χ0v) is 8.92. The molecule has 0 saturated carbocycles. The van der Waals surface area contributed by atoms with Crippen LogP contribution in [0.1, 0.15) is 39.5 Å². The Labute approximate surface area is 75.5 Å². The molecule has 0 saturated heterocycles. The summed E-state index contributed by atoms with van der Waals surface area (Å²) in [5.74, 6) is 0. The van der Waals surface area contributed by atoms with Gasteiger partial charge in [0.05, 0.1) is 0 Å². The highest BCUT2D eigenvalue weighted by molar-refractivity contribution is 7.57. The minimum atomic E-state index is -2.04. The summed E-state index contributed by atoms with van der Waals surface area (Å²) in [5, 5.41) is 0. The summed E-state index contributed by atoms with van der Waals surface area (Å²) in [6.07, 6.45) is 3.51. The third-order valence-corrected chi connectivity index (χ3v) is 4.21. The van der Waals surface area contributed by atoms with Gasteiger partial charge < -0.3 is 0 Å². The lowest BCUT2D eigenvalue weighted by Gasteiger charge is -2.15. The Morgan fingerprint density at radius 2 is 1.42 bits per heavy atom. The highest BCUT2D eigenvalue weighted by Crippen LogP contribution is 2.44. The molecule has 0 atom stereocenters. The number of rotatable bonds is 7. The molecule has 0 fully saturated rings. The summed E-state index contributed by atoms with van der Waals surface area (Å²) < 4.78 is 24.7. The van der Waals surface area contributed by atoms with E-state index in [0.717, 1.165) is 38.0 Å². The van der Waals surface area contributed by atoms with Gasteiger partial charge in [-0.05, 0) is 33.1 Å². The van der Waals surface area contributed by atoms with E-state index in [4.69, 9.17) is 0 Å². The molecule has 0 nitrogen and oxygen atoms in total. The molecule has 0 unspecified atom stereocenters. The van der Waals surface area contributed by atoms with E-state index in [1.54, 1.807) is 0 Å². The lowest BCUT2D eigenvalue weighted by atomic mass is 10.4. The van der Waals surface area contributed by atoms with Crippen LogP contribution in [0.15, 0.2) is 0 Å². The van der Waals surface area contributed by atoms with E-state index in [-0.39, 0.29) is 0 Å². The van der Waals surface area contributed by atoms with Crippen molar-refractivity contribution >= 4 is 7.92 Å². The average molecular weight is 196 g/mol. The molecule has 0 aliphatic heterocycles. The van der Waals surface area contributed by atoms with Crippen LogP contribution in [-0.2, 0) is 0 Å². The molecule has 0 bridgehead atoms. The number of hydrogen-bond donors (Lipinski definition) is 0. The molecule has 0 radical (unpaired) electrons. The zero-order valence-electron chi connectivity index (χ0n) is 8.02. The molecule has 0 aromatic heterocycles. The lowest BCUT2D eigenvalue weighted by molar-refractivity contribution is 0.243. The van der Waals surface area contributed by atoms with Crippen LogP contribution in [0.3, 0.4) is 0 Å². The van der Waals surface area contributed by atoms with E-state index in [1.807, 2.05) is 0 Å². The second kappa shape index (κ2) is 7.91. The minimum Gasteiger partial charge on any atom is -0.206 e. The standard InChI is InChI=1S/C9H19F2P/c1-3-5-7-12(9(10)11)8-6-4-2/h9H,3-8H2,1-2H3. The monoisotopic (exact) mass is 196 g/mol. The normalized spacial score (nSPS) is 11.5. The van der Waals surface area contributed by atoms with E-state index in [0.29, 0.717) is 0 Å². The fraction of sp³-hybridized carbons (Fsp3) is 1.00. The van der Waals surface area contributed by atoms with Gasteiger partial charge in [-0.1, -0.05) is 26.7 Å². The summed E-state index contributed by atoms with van der Waals surface area (Å²) >= 11 is 0. The van der Waals surface area contributed by atoms with Crippen molar-refractivity contribution in [3.63, 3.8) is 0 Å². The minimum absolute atomic E-state index is 0.767. The number of unbranched alkanes of at least 4 members (excludes halogenated alkanes) is 2. The predicted molar refractivity (Wildman–Crippen MR) is 52.5 cm³/mol. The van der Waals surface area contributed by atoms with Crippen LogP contribution in [0.5, 0.6) is 0 Å². The van der Waals surface area contributed by atoms with Gasteiger partial charge in [-0.25, -0.2) is 8.78 Å². The van der Waals surface area contributed by atoms with Gasteiger partial charge in [-0.3, -0.25) is 0 Å². The first-order chi connectivity index (χ1) is 5.72. The molecular weight excluding hydrogens is 177 g/mol. The predicted octanol–water partition coefficient (Wildman–Crippen LogP) is 4.29. The van der Waals surface area contributed by atoms with Crippen LogP contribution in [-0.4, -0.2) is 18.5 Å². The maximum Gasteiger partial charge on any atom is 0.255 e. The highest BCUT2D eigenvalue weighted by atomic mass is 31.1. The summed E-state index contributed by atoms with van der Waals surface area (Å²) in [7, 11) is -0.965. The van der Waals surface area contributed by atoms with Crippen molar-refractivity contribution in [2.24, 2.45) is 0 Å². The third kappa shape index (κ3) is 5.88. The van der Waals surface area contributed by atoms with Gasteiger partial charge >= 0.3 is 0 Å². The van der Waals surface area contributed by atoms with Crippen LogP contribution < -0.4 is 0 Å². The van der Waals surface area contributed by atoms with E-state index < -0.39 is 14.1 Å². The molecule has 0 aliphatic carbocycles. The van der Waals surface area contributed by atoms with Gasteiger partial charge in [0.2, 0.25) is 0 Å². The van der Waals surface area contributed by atoms with Crippen molar-refractivity contribution in [3.05, 3.63) is 0 Å². The Bertz CT molecular complexity index is 88.5. The Kier molecular flexibility index (Phi) is 8.11. The number of alkyl halides is 2. The lowest BCUT2D eigenvalue weighted by Crippen LogP contribution is -1.98. The maximum atomic E-state index is 12.4. The quantitative estimate of drug-likeness (QED) is 0.533. The molecule has 0 aliphatic rings. The van der Waals surface area contributed by atoms with Crippen LogP contribution in [0, 0.1) is 0 Å². The van der Waals surface area contributed by atoms with E-state index >= 15 is 0 Å². The Balaban J connectivity index is 3.55. The summed E-state index contributed by atoms with van der Waals surface area (Å²) in [4.78, 5) is 0. The van der Waals surface area contributed by atoms with Crippen LogP contribution in [0.25, 0.3) is 0 Å². The second-order valence-corrected chi connectivity index (χ2v) is 5.48. The van der Waals surface area contributed by atoms with Crippen LogP contribution >= 0.6 is 7.92 Å². The summed E-state index contributed by atoms with van der Waals surface area (Å²) in [5.41, 5.74) is 0. The number of halogens is 2. The van der Waals surface area contributed by atoms with E-state index in [1.165, 1.54) is 0 Å². The fourth-order valence-electron chi connectivity index (χ4n) is 1.03. The first kappa shape index (κ1) is 12.3. The maximum absolute atomic E-state index is 12.4. The first-order valence-electron chi connectivity index (χ1n) is 4.74. The molecule has 12 heavy (non-hydrogen) atoms. The van der Waals surface area contributed by atoms with Crippen LogP contribution in [0.2, 0.25) is 0 Å². The largest absolute Gasteiger partial charge is 0.255 e. The first-order valence-corrected chi connectivity index (χ1v) is 6.52. The Morgan fingerprint density at radius 1 is 1.00 bits per heavy atom. The molecule has 0 N–H and O–H groups in total. The van der Waals surface area contributed by atoms with Crippen molar-refractivity contribution in [1.29, 1.82) is 0 Å². The van der Waals surface area contributed by atoms with E-state index in [9.17, 15) is 8.78 Å². The fourth-order valence-corrected chi connectivity index (χ4v) is 3.09. The molecular formula is C9H19F2P. The molecule has 0 amide bonds. The van der Waals surface area contributed by atoms with Crippen molar-refractivity contribution in [1.82, 2.24) is 0 Å². The van der Waals surface area contributed by atoms with Gasteiger partial charge in [-0.15, -0.1) is 0 Å². The van der Waals surface area contributed by atoms with Gasteiger partial charge in [0.1, 0.15) is 0 Å². The zero-order chi connectivity index (χ0) is 9.40. The van der Waals surface area contributed by atoms with Crippen molar-refractivity contribution in [2.45, 2.75) is 45.7 Å². The highest BCUT2D eigenvalue weighted by Gasteiger charge is 2.17. The molecule has 0 aromatic carbocycles.